The summed E-state index contributed by atoms with van der Waals surface area (Å²) in [5, 5.41) is 9.77. The van der Waals surface area contributed by atoms with Crippen molar-refractivity contribution in [2.75, 3.05) is 25.4 Å². The fourth-order valence-corrected chi connectivity index (χ4v) is 3.72. The molecule has 0 atom stereocenters. The van der Waals surface area contributed by atoms with Crippen molar-refractivity contribution in [1.82, 2.24) is 20.4 Å². The van der Waals surface area contributed by atoms with Gasteiger partial charge < -0.3 is 10.1 Å². The summed E-state index contributed by atoms with van der Waals surface area (Å²) >= 11 is 6.33. The fourth-order valence-electron chi connectivity index (χ4n) is 2.60. The van der Waals surface area contributed by atoms with Crippen LogP contribution in [0.25, 0.3) is 10.8 Å². The van der Waals surface area contributed by atoms with E-state index in [1.54, 1.807) is 24.3 Å². The Morgan fingerprint density at radius 3 is 2.75 bits per heavy atom. The van der Waals surface area contributed by atoms with Gasteiger partial charge in [-0.15, -0.1) is 0 Å². The predicted octanol–water partition coefficient (Wildman–Crippen LogP) is -0.0147. The van der Waals surface area contributed by atoms with Crippen molar-refractivity contribution in [3.63, 3.8) is 0 Å². The van der Waals surface area contributed by atoms with Gasteiger partial charge in [-0.1, -0.05) is 42.2 Å². The summed E-state index contributed by atoms with van der Waals surface area (Å²) in [7, 11) is 0. The third-order valence-electron chi connectivity index (χ3n) is 3.95. The van der Waals surface area contributed by atoms with E-state index in [4.69, 9.17) is 17.0 Å². The minimum absolute atomic E-state index is 0.0868. The fraction of sp³-hybridized carbons (Fsp3) is 0.294. The highest BCUT2D eigenvalue weighted by Crippen LogP contribution is 2.18. The second-order valence-corrected chi connectivity index (χ2v) is 7.44. The van der Waals surface area contributed by atoms with E-state index < -0.39 is 18.5 Å². The van der Waals surface area contributed by atoms with Crippen molar-refractivity contribution in [1.29, 1.82) is 0 Å². The van der Waals surface area contributed by atoms with E-state index >= 15 is 0 Å². The summed E-state index contributed by atoms with van der Waals surface area (Å²) in [5.74, 6) is -0.904. The van der Waals surface area contributed by atoms with Crippen LogP contribution < -0.4 is 10.9 Å². The Balaban J connectivity index is 1.46. The van der Waals surface area contributed by atoms with Gasteiger partial charge in [0.2, 0.25) is 5.91 Å². The summed E-state index contributed by atoms with van der Waals surface area (Å²) in [6.07, 6.45) is -0.182. The van der Waals surface area contributed by atoms with Crippen molar-refractivity contribution in [2.24, 2.45) is 0 Å². The van der Waals surface area contributed by atoms with E-state index in [2.05, 4.69) is 15.5 Å². The van der Waals surface area contributed by atoms with E-state index in [1.165, 1.54) is 16.7 Å². The largest absolute Gasteiger partial charge is 0.455 e. The minimum atomic E-state index is -0.646. The molecular weight excluding hydrogens is 404 g/mol. The number of aromatic nitrogens is 2. The number of carbonyl (C=O) groups is 3. The van der Waals surface area contributed by atoms with Crippen molar-refractivity contribution in [3.8, 4) is 0 Å². The van der Waals surface area contributed by atoms with Crippen molar-refractivity contribution in [3.05, 3.63) is 40.3 Å². The van der Waals surface area contributed by atoms with Gasteiger partial charge >= 0.3 is 5.97 Å². The first-order valence-electron chi connectivity index (χ1n) is 8.31. The molecule has 2 amide bonds. The van der Waals surface area contributed by atoms with Gasteiger partial charge in [0.25, 0.3) is 11.5 Å². The number of esters is 1. The van der Waals surface area contributed by atoms with Gasteiger partial charge in [-0.25, -0.2) is 5.10 Å². The van der Waals surface area contributed by atoms with Crippen LogP contribution in [-0.2, 0) is 25.5 Å². The Kier molecular flexibility index (Phi) is 6.37. The van der Waals surface area contributed by atoms with Crippen LogP contribution in [-0.4, -0.2) is 62.7 Å². The molecule has 1 aliphatic rings. The number of thioether (sulfide) groups is 1. The zero-order valence-electron chi connectivity index (χ0n) is 14.6. The van der Waals surface area contributed by atoms with Crippen LogP contribution in [0.3, 0.4) is 0 Å². The number of fused-ring (bicyclic) bond motifs is 1. The lowest BCUT2D eigenvalue weighted by molar-refractivity contribution is -0.147. The first kappa shape index (κ1) is 20.0. The smallest absolute Gasteiger partial charge is 0.312 e. The van der Waals surface area contributed by atoms with Crippen LogP contribution in [0.5, 0.6) is 0 Å². The van der Waals surface area contributed by atoms with Gasteiger partial charge in [-0.05, 0) is 6.07 Å². The van der Waals surface area contributed by atoms with Crippen molar-refractivity contribution < 1.29 is 19.1 Å². The molecule has 1 fully saturated rings. The molecule has 0 saturated carbocycles. The standard InChI is InChI=1S/C17H16N4O5S2/c22-13(18-5-6-21-14(23)9-28-17(21)27)8-26-15(24)7-12-10-3-1-2-4-11(10)16(25)20-19-12/h1-4H,5-9H2,(H,18,22)(H,20,25). The normalized spacial score (nSPS) is 13.8. The lowest BCUT2D eigenvalue weighted by atomic mass is 10.1. The molecule has 28 heavy (non-hydrogen) atoms. The maximum absolute atomic E-state index is 12.0. The number of amides is 2. The Bertz CT molecular complexity index is 990. The number of aromatic amines is 1. The molecule has 1 aliphatic heterocycles. The molecule has 0 aliphatic carbocycles. The number of H-pyrrole nitrogens is 1. The van der Waals surface area contributed by atoms with Gasteiger partial charge in [0.05, 0.1) is 23.3 Å². The van der Waals surface area contributed by atoms with Crippen LogP contribution in [0.15, 0.2) is 29.1 Å². The van der Waals surface area contributed by atoms with Crippen LogP contribution >= 0.6 is 24.0 Å². The van der Waals surface area contributed by atoms with Gasteiger partial charge in [0.15, 0.2) is 6.61 Å². The Morgan fingerprint density at radius 1 is 1.29 bits per heavy atom. The maximum Gasteiger partial charge on any atom is 0.312 e. The summed E-state index contributed by atoms with van der Waals surface area (Å²) in [4.78, 5) is 48.6. The molecule has 1 aromatic heterocycles. The number of thiocarbonyl (C=S) groups is 1. The zero-order chi connectivity index (χ0) is 20.1. The second kappa shape index (κ2) is 8.93. The number of hydrogen-bond acceptors (Lipinski definition) is 8. The summed E-state index contributed by atoms with van der Waals surface area (Å²) in [5.41, 5.74) is 0.0145. The van der Waals surface area contributed by atoms with E-state index in [0.717, 1.165) is 0 Å². The number of benzene rings is 1. The molecule has 2 N–H and O–H groups in total. The molecule has 2 heterocycles. The van der Waals surface area contributed by atoms with Gasteiger partial charge in [0, 0.05) is 18.5 Å². The van der Waals surface area contributed by atoms with Gasteiger partial charge in [0.1, 0.15) is 4.32 Å². The van der Waals surface area contributed by atoms with E-state index in [0.29, 0.717) is 26.5 Å². The molecule has 0 radical (unpaired) electrons. The quantitative estimate of drug-likeness (QED) is 0.474. The van der Waals surface area contributed by atoms with E-state index in [-0.39, 0.29) is 31.0 Å². The molecule has 3 rings (SSSR count). The molecule has 9 nitrogen and oxygen atoms in total. The van der Waals surface area contributed by atoms with Gasteiger partial charge in [-0.2, -0.15) is 5.10 Å². The van der Waals surface area contributed by atoms with Crippen LogP contribution in [0.1, 0.15) is 5.69 Å². The van der Waals surface area contributed by atoms with Crippen molar-refractivity contribution >= 4 is 56.9 Å². The third kappa shape index (κ3) is 4.73. The molecule has 2 aromatic rings. The molecule has 0 spiro atoms. The SMILES string of the molecule is O=C(COC(=O)Cc1n[nH]c(=O)c2ccccc12)NCCN1C(=O)CSC1=S. The van der Waals surface area contributed by atoms with Gasteiger partial charge in [-0.3, -0.25) is 24.1 Å². The average molecular weight is 420 g/mol. The topological polar surface area (TPSA) is 121 Å². The molecule has 146 valence electrons. The molecule has 1 aromatic carbocycles. The van der Waals surface area contributed by atoms with E-state index in [1.807, 2.05) is 0 Å². The first-order chi connectivity index (χ1) is 13.5. The molecule has 0 bridgehead atoms. The second-order valence-electron chi connectivity index (χ2n) is 5.83. The number of nitrogens with one attached hydrogen (secondary N) is 2. The number of carbonyl (C=O) groups excluding carboxylic acids is 3. The average Bonchev–Trinajstić information content (AvgIpc) is 3.01. The Morgan fingerprint density at radius 2 is 2.04 bits per heavy atom. The monoisotopic (exact) mass is 420 g/mol. The lowest BCUT2D eigenvalue weighted by Gasteiger charge is -2.15. The Hall–Kier alpha value is -2.79. The number of nitrogens with zero attached hydrogens (tertiary/aromatic N) is 2. The Labute approximate surface area is 168 Å². The number of rotatable bonds is 7. The molecular formula is C17H16N4O5S2. The van der Waals surface area contributed by atoms with Crippen molar-refractivity contribution in [2.45, 2.75) is 6.42 Å². The van der Waals surface area contributed by atoms with Crippen LogP contribution in [0.2, 0.25) is 0 Å². The molecule has 1 saturated heterocycles. The zero-order valence-corrected chi connectivity index (χ0v) is 16.2. The highest BCUT2D eigenvalue weighted by atomic mass is 32.2. The summed E-state index contributed by atoms with van der Waals surface area (Å²) in [6.45, 7) is 0.0276. The first-order valence-corrected chi connectivity index (χ1v) is 9.71. The third-order valence-corrected chi connectivity index (χ3v) is 5.38. The molecule has 0 unspecified atom stereocenters. The molecule has 11 heteroatoms. The van der Waals surface area contributed by atoms with Crippen LogP contribution in [0.4, 0.5) is 0 Å². The lowest BCUT2D eigenvalue weighted by Crippen LogP contribution is -2.38. The highest BCUT2D eigenvalue weighted by Gasteiger charge is 2.26. The number of hydrogen-bond donors (Lipinski definition) is 2. The van der Waals surface area contributed by atoms with Crippen LogP contribution in [0, 0.1) is 0 Å². The minimum Gasteiger partial charge on any atom is -0.455 e. The summed E-state index contributed by atoms with van der Waals surface area (Å²) in [6, 6.07) is 6.77. The highest BCUT2D eigenvalue weighted by molar-refractivity contribution is 8.23. The summed E-state index contributed by atoms with van der Waals surface area (Å²) < 4.78 is 5.45. The van der Waals surface area contributed by atoms with E-state index in [9.17, 15) is 19.2 Å². The predicted molar refractivity (Wildman–Crippen MR) is 107 cm³/mol. The number of ether oxygens (including phenoxy) is 1. The maximum atomic E-state index is 12.0.